The molecule has 2 amide bonds. The maximum Gasteiger partial charge on any atom is 0.407 e. The lowest BCUT2D eigenvalue weighted by Crippen LogP contribution is -2.33. The first-order chi connectivity index (χ1) is 10.8. The third-order valence-corrected chi connectivity index (χ3v) is 3.24. The highest BCUT2D eigenvalue weighted by molar-refractivity contribution is 5.74. The summed E-state index contributed by atoms with van der Waals surface area (Å²) >= 11 is 0. The number of amides is 2. The molecule has 0 heterocycles. The molecule has 0 spiro atoms. The molecule has 0 aliphatic rings. The molecular formula is C18H28N2O3. The Hall–Kier alpha value is -2.04. The van der Waals surface area contributed by atoms with Crippen molar-refractivity contribution in [1.82, 2.24) is 5.32 Å². The highest BCUT2D eigenvalue weighted by Crippen LogP contribution is 2.10. The Morgan fingerprint density at radius 2 is 1.61 bits per heavy atom. The third-order valence-electron chi connectivity index (χ3n) is 3.24. The molecule has 0 unspecified atom stereocenters. The van der Waals surface area contributed by atoms with Crippen molar-refractivity contribution >= 4 is 12.0 Å². The molecule has 0 fully saturated rings. The van der Waals surface area contributed by atoms with Gasteiger partial charge in [-0.2, -0.15) is 0 Å². The van der Waals surface area contributed by atoms with Gasteiger partial charge in [0, 0.05) is 13.0 Å². The van der Waals surface area contributed by atoms with E-state index in [0.717, 1.165) is 24.8 Å². The molecule has 0 aromatic heterocycles. The molecule has 1 rings (SSSR count). The zero-order valence-electron chi connectivity index (χ0n) is 14.4. The van der Waals surface area contributed by atoms with E-state index in [1.165, 1.54) is 5.56 Å². The molecule has 0 aliphatic carbocycles. The van der Waals surface area contributed by atoms with Crippen LogP contribution in [-0.4, -0.2) is 24.1 Å². The van der Waals surface area contributed by atoms with E-state index in [2.05, 4.69) is 17.4 Å². The smallest absolute Gasteiger partial charge is 0.407 e. The highest BCUT2D eigenvalue weighted by atomic mass is 16.6. The molecule has 23 heavy (non-hydrogen) atoms. The lowest BCUT2D eigenvalue weighted by Gasteiger charge is -2.19. The van der Waals surface area contributed by atoms with E-state index in [-0.39, 0.29) is 12.0 Å². The standard InChI is InChI=1S/C18H28N2O3/c1-18(2,3)23-17(22)20-13-5-4-6-14-7-9-15(10-8-14)11-12-16(19)21/h7-10H,4-6,11-13H2,1-3H3,(H2,19,21)(H,20,22). The van der Waals surface area contributed by atoms with Crippen molar-refractivity contribution < 1.29 is 14.3 Å². The van der Waals surface area contributed by atoms with Crippen LogP contribution in [0.3, 0.4) is 0 Å². The zero-order valence-corrected chi connectivity index (χ0v) is 14.4. The van der Waals surface area contributed by atoms with Crippen LogP contribution in [0.4, 0.5) is 4.79 Å². The van der Waals surface area contributed by atoms with E-state index in [9.17, 15) is 9.59 Å². The molecule has 1 aromatic carbocycles. The molecule has 0 saturated heterocycles. The number of nitrogens with one attached hydrogen (secondary N) is 1. The highest BCUT2D eigenvalue weighted by Gasteiger charge is 2.15. The van der Waals surface area contributed by atoms with E-state index in [4.69, 9.17) is 10.5 Å². The fourth-order valence-electron chi connectivity index (χ4n) is 2.10. The number of carbonyl (C=O) groups excluding carboxylic acids is 2. The van der Waals surface area contributed by atoms with Crippen molar-refractivity contribution in [2.24, 2.45) is 5.73 Å². The average Bonchev–Trinajstić information content (AvgIpc) is 2.44. The Balaban J connectivity index is 2.18. The number of primary amides is 1. The summed E-state index contributed by atoms with van der Waals surface area (Å²) in [4.78, 5) is 22.2. The van der Waals surface area contributed by atoms with Crippen LogP contribution in [0.15, 0.2) is 24.3 Å². The number of rotatable bonds is 8. The van der Waals surface area contributed by atoms with Gasteiger partial charge in [0.1, 0.15) is 5.60 Å². The summed E-state index contributed by atoms with van der Waals surface area (Å²) in [6, 6.07) is 8.24. The number of hydrogen-bond donors (Lipinski definition) is 2. The Morgan fingerprint density at radius 3 is 2.13 bits per heavy atom. The minimum Gasteiger partial charge on any atom is -0.444 e. The van der Waals surface area contributed by atoms with Crippen LogP contribution in [-0.2, 0) is 22.4 Å². The SMILES string of the molecule is CC(C)(C)OC(=O)NCCCCc1ccc(CCC(N)=O)cc1. The van der Waals surface area contributed by atoms with Crippen molar-refractivity contribution in [3.8, 4) is 0 Å². The van der Waals surface area contributed by atoms with Crippen LogP contribution in [0.25, 0.3) is 0 Å². The summed E-state index contributed by atoms with van der Waals surface area (Å²) < 4.78 is 5.17. The molecule has 1 aromatic rings. The first kappa shape index (κ1) is 19.0. The molecular weight excluding hydrogens is 292 g/mol. The average molecular weight is 320 g/mol. The summed E-state index contributed by atoms with van der Waals surface area (Å²) in [7, 11) is 0. The topological polar surface area (TPSA) is 81.4 Å². The van der Waals surface area contributed by atoms with E-state index in [1.807, 2.05) is 32.9 Å². The van der Waals surface area contributed by atoms with Gasteiger partial charge in [-0.3, -0.25) is 4.79 Å². The van der Waals surface area contributed by atoms with E-state index < -0.39 is 5.60 Å². The molecule has 128 valence electrons. The number of carbonyl (C=O) groups is 2. The van der Waals surface area contributed by atoms with Gasteiger partial charge in [0.15, 0.2) is 0 Å². The normalized spacial score (nSPS) is 11.1. The summed E-state index contributed by atoms with van der Waals surface area (Å²) in [5, 5.41) is 2.76. The lowest BCUT2D eigenvalue weighted by atomic mass is 10.0. The van der Waals surface area contributed by atoms with Crippen LogP contribution in [0.5, 0.6) is 0 Å². The fourth-order valence-corrected chi connectivity index (χ4v) is 2.10. The number of nitrogens with two attached hydrogens (primary N) is 1. The predicted octanol–water partition coefficient (Wildman–Crippen LogP) is 2.95. The maximum absolute atomic E-state index is 11.5. The van der Waals surface area contributed by atoms with Gasteiger partial charge in [0.05, 0.1) is 0 Å². The van der Waals surface area contributed by atoms with Crippen LogP contribution in [0.1, 0.15) is 51.2 Å². The zero-order chi connectivity index (χ0) is 17.3. The second-order valence-corrected chi connectivity index (χ2v) is 6.67. The Kier molecular flexibility index (Phi) is 7.59. The third kappa shape index (κ3) is 9.55. The van der Waals surface area contributed by atoms with Crippen molar-refractivity contribution in [2.75, 3.05) is 6.54 Å². The van der Waals surface area contributed by atoms with Crippen molar-refractivity contribution in [3.63, 3.8) is 0 Å². The van der Waals surface area contributed by atoms with Crippen LogP contribution in [0, 0.1) is 0 Å². The quantitative estimate of drug-likeness (QED) is 0.723. The van der Waals surface area contributed by atoms with E-state index >= 15 is 0 Å². The largest absolute Gasteiger partial charge is 0.444 e. The van der Waals surface area contributed by atoms with Gasteiger partial charge in [-0.25, -0.2) is 4.79 Å². The number of ether oxygens (including phenoxy) is 1. The molecule has 0 saturated carbocycles. The van der Waals surface area contributed by atoms with Gasteiger partial charge >= 0.3 is 6.09 Å². The van der Waals surface area contributed by atoms with Gasteiger partial charge in [-0.05, 0) is 57.6 Å². The monoisotopic (exact) mass is 320 g/mol. The molecule has 5 heteroatoms. The summed E-state index contributed by atoms with van der Waals surface area (Å²) in [6.45, 7) is 6.16. The van der Waals surface area contributed by atoms with Crippen molar-refractivity contribution in [1.29, 1.82) is 0 Å². The van der Waals surface area contributed by atoms with Crippen LogP contribution >= 0.6 is 0 Å². The molecule has 5 nitrogen and oxygen atoms in total. The Bertz CT molecular complexity index is 504. The number of benzene rings is 1. The number of unbranched alkanes of at least 4 members (excludes halogenated alkanes) is 1. The molecule has 0 bridgehead atoms. The van der Waals surface area contributed by atoms with Gasteiger partial charge in [0.25, 0.3) is 0 Å². The van der Waals surface area contributed by atoms with Gasteiger partial charge in [-0.15, -0.1) is 0 Å². The predicted molar refractivity (Wildman–Crippen MR) is 91.1 cm³/mol. The van der Waals surface area contributed by atoms with Gasteiger partial charge in [-0.1, -0.05) is 24.3 Å². The second kappa shape index (κ2) is 9.18. The maximum atomic E-state index is 11.5. The molecule has 3 N–H and O–H groups in total. The molecule has 0 atom stereocenters. The van der Waals surface area contributed by atoms with Crippen LogP contribution < -0.4 is 11.1 Å². The molecule has 0 aliphatic heterocycles. The van der Waals surface area contributed by atoms with E-state index in [1.54, 1.807) is 0 Å². The van der Waals surface area contributed by atoms with E-state index in [0.29, 0.717) is 19.4 Å². The fraction of sp³-hybridized carbons (Fsp3) is 0.556. The summed E-state index contributed by atoms with van der Waals surface area (Å²) in [6.07, 6.45) is 3.58. The molecule has 0 radical (unpaired) electrons. The number of hydrogen-bond acceptors (Lipinski definition) is 3. The van der Waals surface area contributed by atoms with Crippen molar-refractivity contribution in [3.05, 3.63) is 35.4 Å². The number of aryl methyl sites for hydroxylation is 2. The van der Waals surface area contributed by atoms with Crippen molar-refractivity contribution in [2.45, 2.75) is 58.5 Å². The van der Waals surface area contributed by atoms with Crippen LogP contribution in [0.2, 0.25) is 0 Å². The lowest BCUT2D eigenvalue weighted by molar-refractivity contribution is -0.117. The Labute approximate surface area is 138 Å². The minimum absolute atomic E-state index is 0.272. The Morgan fingerprint density at radius 1 is 1.04 bits per heavy atom. The summed E-state index contributed by atoms with van der Waals surface area (Å²) in [5.74, 6) is -0.272. The number of alkyl carbamates (subject to hydrolysis) is 1. The summed E-state index contributed by atoms with van der Waals surface area (Å²) in [5.41, 5.74) is 7.06. The minimum atomic E-state index is -0.458. The first-order valence-electron chi connectivity index (χ1n) is 8.09. The second-order valence-electron chi connectivity index (χ2n) is 6.67. The first-order valence-corrected chi connectivity index (χ1v) is 8.09. The van der Waals surface area contributed by atoms with Gasteiger partial charge < -0.3 is 15.8 Å². The van der Waals surface area contributed by atoms with Gasteiger partial charge in [0.2, 0.25) is 5.91 Å².